The standard InChI is InChI=1S/C21H24N4O/c1-15-6-4-5-7-20(15)25-17(3)19(14-23-25)16(2)24-21(26)9-8-18-10-12-22-13-11-18/h4-7,10-14,16H,8-9H2,1-3H3,(H,24,26). The van der Waals surface area contributed by atoms with E-state index in [1.807, 2.05) is 49.0 Å². The number of nitrogens with one attached hydrogen (secondary N) is 1. The summed E-state index contributed by atoms with van der Waals surface area (Å²) in [6, 6.07) is 11.9. The van der Waals surface area contributed by atoms with E-state index in [9.17, 15) is 4.79 Å². The molecule has 0 aliphatic heterocycles. The predicted molar refractivity (Wildman–Crippen MR) is 102 cm³/mol. The Morgan fingerprint density at radius 1 is 1.15 bits per heavy atom. The summed E-state index contributed by atoms with van der Waals surface area (Å²) in [5, 5.41) is 7.61. The van der Waals surface area contributed by atoms with Crippen LogP contribution in [0.3, 0.4) is 0 Å². The first kappa shape index (κ1) is 17.9. The van der Waals surface area contributed by atoms with Crippen molar-refractivity contribution in [3.05, 3.63) is 77.4 Å². The zero-order valence-electron chi connectivity index (χ0n) is 15.4. The quantitative estimate of drug-likeness (QED) is 0.739. The molecule has 0 aliphatic carbocycles. The van der Waals surface area contributed by atoms with Crippen LogP contribution >= 0.6 is 0 Å². The van der Waals surface area contributed by atoms with Crippen LogP contribution < -0.4 is 5.32 Å². The summed E-state index contributed by atoms with van der Waals surface area (Å²) in [5.41, 5.74) is 5.42. The van der Waals surface area contributed by atoms with Gasteiger partial charge in [-0.2, -0.15) is 5.10 Å². The van der Waals surface area contributed by atoms with E-state index in [2.05, 4.69) is 34.5 Å². The van der Waals surface area contributed by atoms with Gasteiger partial charge in [0.1, 0.15) is 0 Å². The van der Waals surface area contributed by atoms with Gasteiger partial charge in [0.15, 0.2) is 0 Å². The maximum absolute atomic E-state index is 12.3. The summed E-state index contributed by atoms with van der Waals surface area (Å²) < 4.78 is 1.93. The summed E-state index contributed by atoms with van der Waals surface area (Å²) in [6.45, 7) is 6.10. The normalized spacial score (nSPS) is 12.0. The van der Waals surface area contributed by atoms with Crippen LogP contribution in [0.15, 0.2) is 55.0 Å². The first-order valence-electron chi connectivity index (χ1n) is 8.85. The van der Waals surface area contributed by atoms with Crippen molar-refractivity contribution in [1.29, 1.82) is 0 Å². The number of pyridine rings is 1. The first-order valence-corrected chi connectivity index (χ1v) is 8.85. The monoisotopic (exact) mass is 348 g/mol. The van der Waals surface area contributed by atoms with Crippen LogP contribution in [0.1, 0.15) is 41.8 Å². The highest BCUT2D eigenvalue weighted by molar-refractivity contribution is 5.76. The van der Waals surface area contributed by atoms with Crippen LogP contribution in [0.2, 0.25) is 0 Å². The lowest BCUT2D eigenvalue weighted by molar-refractivity contribution is -0.121. The predicted octanol–water partition coefficient (Wildman–Crippen LogP) is 3.69. The smallest absolute Gasteiger partial charge is 0.220 e. The van der Waals surface area contributed by atoms with E-state index in [1.165, 1.54) is 5.56 Å². The number of nitrogens with zero attached hydrogens (tertiary/aromatic N) is 3. The Morgan fingerprint density at radius 3 is 2.62 bits per heavy atom. The van der Waals surface area contributed by atoms with Gasteiger partial charge in [-0.05, 0) is 56.5 Å². The fraction of sp³-hybridized carbons (Fsp3) is 0.286. The topological polar surface area (TPSA) is 59.8 Å². The molecule has 0 radical (unpaired) electrons. The van der Waals surface area contributed by atoms with Gasteiger partial charge in [-0.1, -0.05) is 18.2 Å². The van der Waals surface area contributed by atoms with E-state index in [1.54, 1.807) is 12.4 Å². The molecule has 1 N–H and O–H groups in total. The Hall–Kier alpha value is -2.95. The van der Waals surface area contributed by atoms with Crippen LogP contribution in [0, 0.1) is 13.8 Å². The number of aromatic nitrogens is 3. The third kappa shape index (κ3) is 3.99. The van der Waals surface area contributed by atoms with Crippen molar-refractivity contribution in [3.8, 4) is 5.69 Å². The molecule has 1 atom stereocenters. The van der Waals surface area contributed by atoms with Gasteiger partial charge in [-0.25, -0.2) is 4.68 Å². The molecule has 0 saturated carbocycles. The Balaban J connectivity index is 1.66. The molecular weight excluding hydrogens is 324 g/mol. The van der Waals surface area contributed by atoms with Gasteiger partial charge in [-0.15, -0.1) is 0 Å². The van der Waals surface area contributed by atoms with Gasteiger partial charge >= 0.3 is 0 Å². The van der Waals surface area contributed by atoms with Crippen LogP contribution in [0.5, 0.6) is 0 Å². The molecular formula is C21H24N4O. The number of para-hydroxylation sites is 1. The molecule has 5 nitrogen and oxygen atoms in total. The van der Waals surface area contributed by atoms with E-state index >= 15 is 0 Å². The third-order valence-electron chi connectivity index (χ3n) is 4.63. The molecule has 0 saturated heterocycles. The zero-order chi connectivity index (χ0) is 18.5. The van der Waals surface area contributed by atoms with Crippen LogP contribution in [-0.4, -0.2) is 20.7 Å². The van der Waals surface area contributed by atoms with Crippen molar-refractivity contribution in [1.82, 2.24) is 20.1 Å². The molecule has 0 fully saturated rings. The second-order valence-electron chi connectivity index (χ2n) is 6.53. The number of amides is 1. The average molecular weight is 348 g/mol. The van der Waals surface area contributed by atoms with Crippen LogP contribution in [0.4, 0.5) is 0 Å². The lowest BCUT2D eigenvalue weighted by atomic mass is 10.1. The first-order chi connectivity index (χ1) is 12.6. The minimum atomic E-state index is -0.0855. The highest BCUT2D eigenvalue weighted by Gasteiger charge is 2.16. The van der Waals surface area contributed by atoms with Crippen molar-refractivity contribution >= 4 is 5.91 Å². The summed E-state index contributed by atoms with van der Waals surface area (Å²) >= 11 is 0. The molecule has 1 unspecified atom stereocenters. The molecule has 0 bridgehead atoms. The van der Waals surface area contributed by atoms with Gasteiger partial charge in [0, 0.05) is 30.1 Å². The van der Waals surface area contributed by atoms with E-state index in [4.69, 9.17) is 0 Å². The van der Waals surface area contributed by atoms with E-state index in [0.29, 0.717) is 12.8 Å². The lowest BCUT2D eigenvalue weighted by Gasteiger charge is -2.15. The Bertz CT molecular complexity index is 886. The molecule has 26 heavy (non-hydrogen) atoms. The van der Waals surface area contributed by atoms with Crippen LogP contribution in [-0.2, 0) is 11.2 Å². The average Bonchev–Trinajstić information content (AvgIpc) is 3.03. The number of carbonyl (C=O) groups excluding carboxylic acids is 1. The Labute approximate surface area is 154 Å². The van der Waals surface area contributed by atoms with Gasteiger partial charge < -0.3 is 5.32 Å². The number of aryl methyl sites for hydroxylation is 2. The Kier molecular flexibility index (Phi) is 5.46. The zero-order valence-corrected chi connectivity index (χ0v) is 15.4. The maximum Gasteiger partial charge on any atom is 0.220 e. The molecule has 5 heteroatoms. The molecule has 1 aromatic carbocycles. The lowest BCUT2D eigenvalue weighted by Crippen LogP contribution is -2.27. The molecule has 2 heterocycles. The Morgan fingerprint density at radius 2 is 1.88 bits per heavy atom. The summed E-state index contributed by atoms with van der Waals surface area (Å²) in [6.07, 6.45) is 6.51. The molecule has 2 aromatic heterocycles. The second-order valence-corrected chi connectivity index (χ2v) is 6.53. The number of hydrogen-bond donors (Lipinski definition) is 1. The molecule has 0 aliphatic rings. The van der Waals surface area contributed by atoms with E-state index in [-0.39, 0.29) is 11.9 Å². The number of rotatable bonds is 6. The van der Waals surface area contributed by atoms with Crippen molar-refractivity contribution in [2.75, 3.05) is 0 Å². The minimum Gasteiger partial charge on any atom is -0.349 e. The van der Waals surface area contributed by atoms with E-state index < -0.39 is 0 Å². The molecule has 134 valence electrons. The SMILES string of the molecule is Cc1ccccc1-n1ncc(C(C)NC(=O)CCc2ccncc2)c1C. The van der Waals surface area contributed by atoms with Gasteiger partial charge in [0.2, 0.25) is 5.91 Å². The number of hydrogen-bond acceptors (Lipinski definition) is 3. The highest BCUT2D eigenvalue weighted by Crippen LogP contribution is 2.22. The van der Waals surface area contributed by atoms with Crippen molar-refractivity contribution in [2.24, 2.45) is 0 Å². The number of carbonyl (C=O) groups is 1. The summed E-state index contributed by atoms with van der Waals surface area (Å²) in [5.74, 6) is 0.0392. The van der Waals surface area contributed by atoms with Gasteiger partial charge in [0.25, 0.3) is 0 Å². The molecule has 1 amide bonds. The fourth-order valence-electron chi connectivity index (χ4n) is 3.09. The molecule has 3 aromatic rings. The van der Waals surface area contributed by atoms with Gasteiger partial charge in [-0.3, -0.25) is 9.78 Å². The summed E-state index contributed by atoms with van der Waals surface area (Å²) in [4.78, 5) is 16.3. The van der Waals surface area contributed by atoms with Crippen molar-refractivity contribution in [3.63, 3.8) is 0 Å². The largest absolute Gasteiger partial charge is 0.349 e. The van der Waals surface area contributed by atoms with Crippen LogP contribution in [0.25, 0.3) is 5.69 Å². The second kappa shape index (κ2) is 7.95. The molecule has 0 spiro atoms. The van der Waals surface area contributed by atoms with Crippen molar-refractivity contribution in [2.45, 2.75) is 39.7 Å². The third-order valence-corrected chi connectivity index (χ3v) is 4.63. The summed E-state index contributed by atoms with van der Waals surface area (Å²) in [7, 11) is 0. The van der Waals surface area contributed by atoms with E-state index in [0.717, 1.165) is 22.5 Å². The highest BCUT2D eigenvalue weighted by atomic mass is 16.1. The maximum atomic E-state index is 12.3. The molecule has 3 rings (SSSR count). The van der Waals surface area contributed by atoms with Gasteiger partial charge in [0.05, 0.1) is 17.9 Å². The fourth-order valence-corrected chi connectivity index (χ4v) is 3.09. The van der Waals surface area contributed by atoms with Crippen molar-refractivity contribution < 1.29 is 4.79 Å². The minimum absolute atomic E-state index is 0.0392. The number of benzene rings is 1.